The SMILES string of the molecule is COCCN(CC(C)C)c1nc2c(cc1C(N)=S)CCC2. The number of hydrogen-bond donors (Lipinski definition) is 1. The van der Waals surface area contributed by atoms with Gasteiger partial charge in [-0.2, -0.15) is 0 Å². The van der Waals surface area contributed by atoms with Gasteiger partial charge in [0.05, 0.1) is 12.2 Å². The minimum atomic E-state index is 0.429. The summed E-state index contributed by atoms with van der Waals surface area (Å²) in [4.78, 5) is 7.56. The summed E-state index contributed by atoms with van der Waals surface area (Å²) in [6.07, 6.45) is 3.31. The molecule has 0 atom stereocenters. The van der Waals surface area contributed by atoms with Crippen LogP contribution in [0.15, 0.2) is 6.07 Å². The van der Waals surface area contributed by atoms with E-state index >= 15 is 0 Å². The molecule has 0 fully saturated rings. The van der Waals surface area contributed by atoms with Crippen LogP contribution in [0.2, 0.25) is 0 Å². The number of thiocarbonyl (C=S) groups is 1. The average molecular weight is 307 g/mol. The summed E-state index contributed by atoms with van der Waals surface area (Å²) < 4.78 is 5.23. The fourth-order valence-electron chi connectivity index (χ4n) is 2.81. The Kier molecular flexibility index (Phi) is 5.53. The van der Waals surface area contributed by atoms with Crippen molar-refractivity contribution >= 4 is 23.0 Å². The lowest BCUT2D eigenvalue weighted by Crippen LogP contribution is -2.34. The summed E-state index contributed by atoms with van der Waals surface area (Å²) >= 11 is 5.25. The molecule has 4 nitrogen and oxygen atoms in total. The lowest BCUT2D eigenvalue weighted by Gasteiger charge is -2.28. The first-order valence-corrected chi connectivity index (χ1v) is 8.00. The quantitative estimate of drug-likeness (QED) is 0.784. The maximum atomic E-state index is 5.94. The summed E-state index contributed by atoms with van der Waals surface area (Å²) in [7, 11) is 1.72. The van der Waals surface area contributed by atoms with Gasteiger partial charge in [-0.1, -0.05) is 26.1 Å². The van der Waals surface area contributed by atoms with Crippen LogP contribution in [0.4, 0.5) is 5.82 Å². The second-order valence-electron chi connectivity index (χ2n) is 6.02. The predicted molar refractivity (Wildman–Crippen MR) is 91.1 cm³/mol. The third-order valence-corrected chi connectivity index (χ3v) is 3.97. The van der Waals surface area contributed by atoms with Gasteiger partial charge in [-0.05, 0) is 36.8 Å². The molecule has 0 amide bonds. The molecule has 1 aliphatic rings. The zero-order valence-electron chi connectivity index (χ0n) is 13.2. The Balaban J connectivity index is 2.39. The van der Waals surface area contributed by atoms with Crippen molar-refractivity contribution in [3.63, 3.8) is 0 Å². The normalized spacial score (nSPS) is 13.5. The minimum absolute atomic E-state index is 0.429. The molecular formula is C16H25N3OS. The number of methoxy groups -OCH3 is 1. The molecule has 5 heteroatoms. The van der Waals surface area contributed by atoms with E-state index in [4.69, 9.17) is 27.7 Å². The Morgan fingerprint density at radius 3 is 2.86 bits per heavy atom. The van der Waals surface area contributed by atoms with Crippen molar-refractivity contribution in [2.75, 3.05) is 31.7 Å². The number of anilines is 1. The monoisotopic (exact) mass is 307 g/mol. The van der Waals surface area contributed by atoms with Crippen LogP contribution in [-0.2, 0) is 17.6 Å². The highest BCUT2D eigenvalue weighted by atomic mass is 32.1. The summed E-state index contributed by atoms with van der Waals surface area (Å²) in [5.74, 6) is 1.46. The fourth-order valence-corrected chi connectivity index (χ4v) is 2.96. The summed E-state index contributed by atoms with van der Waals surface area (Å²) in [6.45, 7) is 6.80. The Labute approximate surface area is 132 Å². The van der Waals surface area contributed by atoms with Crippen LogP contribution < -0.4 is 10.6 Å². The number of fused-ring (bicyclic) bond motifs is 1. The van der Waals surface area contributed by atoms with Crippen molar-refractivity contribution in [1.29, 1.82) is 0 Å². The first-order chi connectivity index (χ1) is 10.0. The van der Waals surface area contributed by atoms with E-state index in [9.17, 15) is 0 Å². The fraction of sp³-hybridized carbons (Fsp3) is 0.625. The molecule has 0 saturated carbocycles. The van der Waals surface area contributed by atoms with Gasteiger partial charge in [0.2, 0.25) is 0 Å². The highest BCUT2D eigenvalue weighted by Gasteiger charge is 2.21. The van der Waals surface area contributed by atoms with Crippen molar-refractivity contribution in [3.8, 4) is 0 Å². The van der Waals surface area contributed by atoms with Gasteiger partial charge in [0.15, 0.2) is 0 Å². The van der Waals surface area contributed by atoms with Crippen LogP contribution in [0.1, 0.15) is 37.1 Å². The van der Waals surface area contributed by atoms with Gasteiger partial charge in [0.1, 0.15) is 10.8 Å². The van der Waals surface area contributed by atoms with Gasteiger partial charge < -0.3 is 15.4 Å². The molecule has 1 heterocycles. The predicted octanol–water partition coefficient (Wildman–Crippen LogP) is 2.31. The topological polar surface area (TPSA) is 51.4 Å². The van der Waals surface area contributed by atoms with E-state index in [1.54, 1.807) is 7.11 Å². The smallest absolute Gasteiger partial charge is 0.139 e. The molecule has 0 aliphatic heterocycles. The Morgan fingerprint density at radius 2 is 2.24 bits per heavy atom. The average Bonchev–Trinajstić information content (AvgIpc) is 2.88. The first kappa shape index (κ1) is 16.2. The van der Waals surface area contributed by atoms with E-state index < -0.39 is 0 Å². The summed E-state index contributed by atoms with van der Waals surface area (Å²) in [5.41, 5.74) is 9.35. The van der Waals surface area contributed by atoms with Gasteiger partial charge in [0.25, 0.3) is 0 Å². The molecule has 1 aromatic heterocycles. The number of nitrogens with two attached hydrogens (primary N) is 1. The molecule has 0 radical (unpaired) electrons. The largest absolute Gasteiger partial charge is 0.389 e. The molecular weight excluding hydrogens is 282 g/mol. The molecule has 2 N–H and O–H groups in total. The van der Waals surface area contributed by atoms with Gasteiger partial charge in [-0.15, -0.1) is 0 Å². The van der Waals surface area contributed by atoms with Crippen LogP contribution >= 0.6 is 12.2 Å². The van der Waals surface area contributed by atoms with E-state index in [-0.39, 0.29) is 0 Å². The van der Waals surface area contributed by atoms with Crippen molar-refractivity contribution in [2.24, 2.45) is 11.7 Å². The van der Waals surface area contributed by atoms with Crippen molar-refractivity contribution in [2.45, 2.75) is 33.1 Å². The van der Waals surface area contributed by atoms with Crippen molar-refractivity contribution in [1.82, 2.24) is 4.98 Å². The van der Waals surface area contributed by atoms with Crippen LogP contribution in [0, 0.1) is 5.92 Å². The molecule has 0 aromatic carbocycles. The van der Waals surface area contributed by atoms with Crippen LogP contribution in [-0.4, -0.2) is 36.8 Å². The highest BCUT2D eigenvalue weighted by Crippen LogP contribution is 2.28. The summed E-state index contributed by atoms with van der Waals surface area (Å²) in [5, 5.41) is 0. The Morgan fingerprint density at radius 1 is 1.48 bits per heavy atom. The molecule has 21 heavy (non-hydrogen) atoms. The third-order valence-electron chi connectivity index (χ3n) is 3.75. The van der Waals surface area contributed by atoms with Gasteiger partial charge >= 0.3 is 0 Å². The van der Waals surface area contributed by atoms with Gasteiger partial charge in [-0.25, -0.2) is 4.98 Å². The highest BCUT2D eigenvalue weighted by molar-refractivity contribution is 7.80. The second-order valence-corrected chi connectivity index (χ2v) is 6.46. The molecule has 0 unspecified atom stereocenters. The van der Waals surface area contributed by atoms with Gasteiger partial charge in [-0.3, -0.25) is 0 Å². The molecule has 1 aromatic rings. The maximum absolute atomic E-state index is 5.94. The number of pyridine rings is 1. The lowest BCUT2D eigenvalue weighted by atomic mass is 10.1. The number of rotatable bonds is 7. The zero-order chi connectivity index (χ0) is 15.4. The lowest BCUT2D eigenvalue weighted by molar-refractivity contribution is 0.204. The molecule has 2 rings (SSSR count). The van der Waals surface area contributed by atoms with E-state index in [2.05, 4.69) is 24.8 Å². The maximum Gasteiger partial charge on any atom is 0.139 e. The number of nitrogens with zero attached hydrogens (tertiary/aromatic N) is 2. The number of ether oxygens (including phenoxy) is 1. The van der Waals surface area contributed by atoms with E-state index in [1.165, 1.54) is 17.7 Å². The van der Waals surface area contributed by atoms with E-state index in [1.807, 2.05) is 0 Å². The zero-order valence-corrected chi connectivity index (χ0v) is 14.0. The third kappa shape index (κ3) is 3.92. The number of hydrogen-bond acceptors (Lipinski definition) is 4. The second kappa shape index (κ2) is 7.18. The molecule has 1 aliphatic carbocycles. The van der Waals surface area contributed by atoms with Gasteiger partial charge in [0, 0.05) is 25.9 Å². The van der Waals surface area contributed by atoms with E-state index in [0.29, 0.717) is 17.5 Å². The standard InChI is InChI=1S/C16H25N3OS/c1-11(2)10-19(7-8-20-3)16-13(15(17)21)9-12-5-4-6-14(12)18-16/h9,11H,4-8,10H2,1-3H3,(H2,17,21). The molecule has 0 bridgehead atoms. The van der Waals surface area contributed by atoms with E-state index in [0.717, 1.165) is 37.3 Å². The number of aromatic nitrogens is 1. The van der Waals surface area contributed by atoms with Crippen LogP contribution in [0.25, 0.3) is 0 Å². The molecule has 0 saturated heterocycles. The number of aryl methyl sites for hydroxylation is 2. The summed E-state index contributed by atoms with van der Waals surface area (Å²) in [6, 6.07) is 2.15. The van der Waals surface area contributed by atoms with Crippen LogP contribution in [0.3, 0.4) is 0 Å². The molecule has 116 valence electrons. The van der Waals surface area contributed by atoms with Crippen LogP contribution in [0.5, 0.6) is 0 Å². The minimum Gasteiger partial charge on any atom is -0.389 e. The first-order valence-electron chi connectivity index (χ1n) is 7.59. The molecule has 0 spiro atoms. The van der Waals surface area contributed by atoms with Crippen molar-refractivity contribution in [3.05, 3.63) is 22.9 Å². The van der Waals surface area contributed by atoms with Crippen molar-refractivity contribution < 1.29 is 4.74 Å². The Bertz CT molecular complexity index is 516. The Hall–Kier alpha value is -1.20.